The number of alkyl carbamates (subject to hydrolysis) is 2. The van der Waals surface area contributed by atoms with E-state index in [1.165, 1.54) is 18.9 Å². The van der Waals surface area contributed by atoms with Crippen LogP contribution in [0.25, 0.3) is 43.0 Å². The zero-order chi connectivity index (χ0) is 41.2. The number of nitrogens with zero attached hydrogens (tertiary/aromatic N) is 4. The Morgan fingerprint density at radius 1 is 0.847 bits per heavy atom. The number of carbonyl (C=O) groups excluding carboxylic acids is 4. The van der Waals surface area contributed by atoms with Crippen LogP contribution >= 0.6 is 22.7 Å². The molecule has 2 aliphatic rings. The third kappa shape index (κ3) is 7.84. The van der Waals surface area contributed by atoms with E-state index in [1.54, 1.807) is 38.7 Å². The second kappa shape index (κ2) is 16.9. The van der Waals surface area contributed by atoms with Gasteiger partial charge in [-0.1, -0.05) is 80.6 Å². The minimum Gasteiger partial charge on any atom is -0.453 e. The molecule has 304 valence electrons. The number of imidazole rings is 2. The molecule has 6 aromatic rings. The molecule has 1 saturated heterocycles. The average Bonchev–Trinajstić information content (AvgIpc) is 4.11. The molecule has 16 heteroatoms. The highest BCUT2D eigenvalue weighted by molar-refractivity contribution is 7.27. The zero-order valence-electron chi connectivity index (χ0n) is 32.9. The molecular weight excluding hydrogens is 789 g/mol. The number of benzene rings is 2. The highest BCUT2D eigenvalue weighted by Gasteiger charge is 2.38. The van der Waals surface area contributed by atoms with Crippen LogP contribution < -0.4 is 10.6 Å². The molecule has 14 nitrogen and oxygen atoms in total. The van der Waals surface area contributed by atoms with Crippen molar-refractivity contribution in [1.82, 2.24) is 40.4 Å². The van der Waals surface area contributed by atoms with Gasteiger partial charge in [0.15, 0.2) is 0 Å². The van der Waals surface area contributed by atoms with Crippen molar-refractivity contribution in [2.75, 3.05) is 27.3 Å². The van der Waals surface area contributed by atoms with Crippen LogP contribution in [0.4, 0.5) is 9.59 Å². The molecule has 1 fully saturated rings. The van der Waals surface area contributed by atoms with Crippen molar-refractivity contribution in [3.05, 3.63) is 107 Å². The molecule has 1 unspecified atom stereocenters. The summed E-state index contributed by atoms with van der Waals surface area (Å²) in [6.45, 7) is 4.73. The minimum absolute atomic E-state index is 0.136. The second-order valence-electron chi connectivity index (χ2n) is 14.8. The summed E-state index contributed by atoms with van der Waals surface area (Å²) in [5, 5.41) is 9.71. The van der Waals surface area contributed by atoms with Crippen LogP contribution in [0.2, 0.25) is 0 Å². The van der Waals surface area contributed by atoms with E-state index in [-0.39, 0.29) is 23.8 Å². The summed E-state index contributed by atoms with van der Waals surface area (Å²) >= 11 is 3.35. The number of hydrogen-bond acceptors (Lipinski definition) is 10. The van der Waals surface area contributed by atoms with E-state index >= 15 is 0 Å². The van der Waals surface area contributed by atoms with Crippen LogP contribution in [0.15, 0.2) is 89.9 Å². The van der Waals surface area contributed by atoms with Crippen LogP contribution in [0.5, 0.6) is 0 Å². The van der Waals surface area contributed by atoms with Gasteiger partial charge in [0.1, 0.15) is 29.8 Å². The summed E-state index contributed by atoms with van der Waals surface area (Å²) in [6.07, 6.45) is 7.81. The fourth-order valence-corrected chi connectivity index (χ4v) is 10.2. The predicted molar refractivity (Wildman–Crippen MR) is 226 cm³/mol. The maximum atomic E-state index is 14.0. The number of carbonyl (C=O) groups is 4. The first-order valence-corrected chi connectivity index (χ1v) is 21.1. The number of amides is 4. The molecule has 0 bridgehead atoms. The van der Waals surface area contributed by atoms with Crippen LogP contribution in [-0.4, -0.2) is 87.1 Å². The lowest BCUT2D eigenvalue weighted by Crippen LogP contribution is -2.51. The van der Waals surface area contributed by atoms with Crippen molar-refractivity contribution in [3.8, 4) is 33.6 Å². The smallest absolute Gasteiger partial charge is 0.407 e. The van der Waals surface area contributed by atoms with Gasteiger partial charge in [0.2, 0.25) is 5.91 Å². The number of H-pyrrole nitrogens is 2. The third-order valence-electron chi connectivity index (χ3n) is 10.9. The van der Waals surface area contributed by atoms with Crippen molar-refractivity contribution >= 4 is 56.1 Å². The number of hydrogen-bond donors (Lipinski definition) is 4. The topological polar surface area (TPSA) is 175 Å². The van der Waals surface area contributed by atoms with E-state index in [0.29, 0.717) is 30.3 Å². The number of aromatic amines is 2. The lowest BCUT2D eigenvalue weighted by Gasteiger charge is -2.29. The number of aromatic nitrogens is 4. The van der Waals surface area contributed by atoms with Gasteiger partial charge < -0.3 is 39.9 Å². The molecule has 0 aliphatic carbocycles. The van der Waals surface area contributed by atoms with Crippen molar-refractivity contribution in [2.24, 2.45) is 5.92 Å². The number of thiophene rings is 2. The zero-order valence-corrected chi connectivity index (χ0v) is 34.6. The first-order valence-electron chi connectivity index (χ1n) is 19.4. The summed E-state index contributed by atoms with van der Waals surface area (Å²) in [4.78, 5) is 71.7. The first-order chi connectivity index (χ1) is 28.6. The summed E-state index contributed by atoms with van der Waals surface area (Å²) < 4.78 is 11.9. The molecule has 59 heavy (non-hydrogen) atoms. The fraction of sp³-hybridized carbons (Fsp3) is 0.302. The average molecular weight is 833 g/mol. The first kappa shape index (κ1) is 39.6. The monoisotopic (exact) mass is 832 g/mol. The molecule has 0 radical (unpaired) electrons. The molecule has 8 rings (SSSR count). The molecule has 4 atom stereocenters. The molecule has 6 heterocycles. The van der Waals surface area contributed by atoms with Crippen LogP contribution in [0.1, 0.15) is 62.0 Å². The standard InChI is InChI=1S/C43H44N8O6S2/c1-24(2)34(48-42(54)56-3)40(52)50-18-8-12-32(50)38-44-20-30(46-38)26-16-14-25(15-17-26)28-22-58-37-29(23-59-36(28)37)31-21-45-39(47-31)33-13-9-19-51(33)41(53)35(49-43(55)57-4)27-10-6-5-7-11-27/h5-8,10-12,14-17,20-24,32-35H,9,13,18-19H2,1-4H3,(H,44,46)(H,45,47)(H,48,54)(H,49,55)/t32-,33?,34-,35+/m0/s1. The molecule has 4 aromatic heterocycles. The van der Waals surface area contributed by atoms with Gasteiger partial charge in [-0.3, -0.25) is 9.59 Å². The lowest BCUT2D eigenvalue weighted by atomic mass is 10.0. The maximum Gasteiger partial charge on any atom is 0.407 e. The molecular formula is C43H44N8O6S2. The Balaban J connectivity index is 0.970. The molecule has 2 aromatic carbocycles. The Kier molecular flexibility index (Phi) is 11.3. The number of fused-ring (bicyclic) bond motifs is 1. The van der Waals surface area contributed by atoms with E-state index in [0.717, 1.165) is 51.2 Å². The van der Waals surface area contributed by atoms with Crippen LogP contribution in [0, 0.1) is 5.92 Å². The predicted octanol–water partition coefficient (Wildman–Crippen LogP) is 7.99. The highest BCUT2D eigenvalue weighted by Crippen LogP contribution is 2.44. The summed E-state index contributed by atoms with van der Waals surface area (Å²) in [6, 6.07) is 15.2. The number of methoxy groups -OCH3 is 2. The van der Waals surface area contributed by atoms with Crippen molar-refractivity contribution < 1.29 is 28.7 Å². The van der Waals surface area contributed by atoms with Gasteiger partial charge in [0, 0.05) is 41.2 Å². The van der Waals surface area contributed by atoms with Gasteiger partial charge >= 0.3 is 12.2 Å². The Hall–Kier alpha value is -6.26. The van der Waals surface area contributed by atoms with E-state index in [9.17, 15) is 19.2 Å². The Bertz CT molecular complexity index is 2500. The second-order valence-corrected chi connectivity index (χ2v) is 16.5. The van der Waals surface area contributed by atoms with E-state index in [4.69, 9.17) is 14.5 Å². The van der Waals surface area contributed by atoms with Gasteiger partial charge in [-0.25, -0.2) is 19.6 Å². The Morgan fingerprint density at radius 2 is 1.54 bits per heavy atom. The number of ether oxygens (including phenoxy) is 2. The van der Waals surface area contributed by atoms with Gasteiger partial charge in [-0.05, 0) is 35.4 Å². The van der Waals surface area contributed by atoms with Crippen LogP contribution in [-0.2, 0) is 19.1 Å². The van der Waals surface area contributed by atoms with Gasteiger partial charge in [0.25, 0.3) is 5.91 Å². The molecule has 4 N–H and O–H groups in total. The molecule has 2 aliphatic heterocycles. The summed E-state index contributed by atoms with van der Waals surface area (Å²) in [7, 11) is 2.56. The SMILES string of the molecule is COC(=O)N[C@H](C(=O)N1CC=C[C@H]1c1ncc(-c2ccc(-c3csc4c(-c5c[nH]c(C6CCCN6C(=O)[C@H](NC(=O)OC)c6ccccc6)n5)csc34)cc2)[nH]1)C(C)C. The van der Waals surface area contributed by atoms with Crippen molar-refractivity contribution in [3.63, 3.8) is 0 Å². The van der Waals surface area contributed by atoms with Crippen LogP contribution in [0.3, 0.4) is 0 Å². The van der Waals surface area contributed by atoms with E-state index in [1.807, 2.05) is 62.5 Å². The van der Waals surface area contributed by atoms with Gasteiger partial charge in [-0.2, -0.15) is 0 Å². The Morgan fingerprint density at radius 3 is 2.27 bits per heavy atom. The number of likely N-dealkylation sites (tertiary alicyclic amines) is 1. The van der Waals surface area contributed by atoms with Crippen molar-refractivity contribution in [2.45, 2.75) is 50.9 Å². The third-order valence-corrected chi connectivity index (χ3v) is 13.0. The highest BCUT2D eigenvalue weighted by atomic mass is 32.1. The largest absolute Gasteiger partial charge is 0.453 e. The van der Waals surface area contributed by atoms with E-state index in [2.05, 4.69) is 60.6 Å². The number of nitrogens with one attached hydrogen (secondary N) is 4. The van der Waals surface area contributed by atoms with Crippen molar-refractivity contribution in [1.29, 1.82) is 0 Å². The normalized spacial score (nSPS) is 17.4. The molecule has 4 amide bonds. The summed E-state index contributed by atoms with van der Waals surface area (Å²) in [5.41, 5.74) is 6.53. The molecule has 0 saturated carbocycles. The van der Waals surface area contributed by atoms with E-state index < -0.39 is 30.3 Å². The summed E-state index contributed by atoms with van der Waals surface area (Å²) in [5.74, 6) is 0.798. The maximum absolute atomic E-state index is 14.0. The van der Waals surface area contributed by atoms with Gasteiger partial charge in [-0.15, -0.1) is 22.7 Å². The lowest BCUT2D eigenvalue weighted by molar-refractivity contribution is -0.135. The minimum atomic E-state index is -0.884. The van der Waals surface area contributed by atoms with Gasteiger partial charge in [0.05, 0.1) is 47.2 Å². The molecule has 0 spiro atoms. The quantitative estimate of drug-likeness (QED) is 0.0951. The number of rotatable bonds is 11. The fourth-order valence-electron chi connectivity index (χ4n) is 7.76. The Labute approximate surface area is 348 Å².